The molecule has 0 amide bonds. The van der Waals surface area contributed by atoms with Gasteiger partial charge in [0.25, 0.3) is 0 Å². The van der Waals surface area contributed by atoms with Crippen LogP contribution in [0, 0.1) is 5.82 Å². The Morgan fingerprint density at radius 1 is 1.00 bits per heavy atom. The molecule has 2 N–H and O–H groups in total. The average Bonchev–Trinajstić information content (AvgIpc) is 2.71. The Morgan fingerprint density at radius 2 is 1.74 bits per heavy atom. The van der Waals surface area contributed by atoms with Crippen molar-refractivity contribution in [2.45, 2.75) is 13.0 Å². The first kappa shape index (κ1) is 20.4. The molecule has 0 radical (unpaired) electrons. The summed E-state index contributed by atoms with van der Waals surface area (Å²) in [5, 5.41) is 6.48. The first-order valence-electron chi connectivity index (χ1n) is 8.70. The molecule has 2 aromatic carbocycles. The highest BCUT2D eigenvalue weighted by atomic mass is 19.1. The van der Waals surface area contributed by atoms with E-state index in [-0.39, 0.29) is 5.82 Å². The largest absolute Gasteiger partial charge is 0.494 e. The van der Waals surface area contributed by atoms with Crippen molar-refractivity contribution in [2.24, 2.45) is 4.99 Å². The van der Waals surface area contributed by atoms with Crippen LogP contribution < -0.4 is 24.8 Å². The second kappa shape index (κ2) is 10.9. The van der Waals surface area contributed by atoms with Gasteiger partial charge in [-0.05, 0) is 48.4 Å². The molecule has 0 atom stereocenters. The van der Waals surface area contributed by atoms with Crippen LogP contribution in [0.4, 0.5) is 4.39 Å². The van der Waals surface area contributed by atoms with Gasteiger partial charge < -0.3 is 24.8 Å². The molecule has 0 bridgehead atoms. The summed E-state index contributed by atoms with van der Waals surface area (Å²) in [6, 6.07) is 11.8. The molecule has 0 heterocycles. The summed E-state index contributed by atoms with van der Waals surface area (Å²) in [4.78, 5) is 4.20. The summed E-state index contributed by atoms with van der Waals surface area (Å²) in [6.45, 7) is 1.84. The van der Waals surface area contributed by atoms with Gasteiger partial charge in [0.05, 0.1) is 20.8 Å². The Balaban J connectivity index is 1.70. The molecule has 0 aliphatic rings. The van der Waals surface area contributed by atoms with E-state index in [1.807, 2.05) is 18.2 Å². The number of nitrogens with zero attached hydrogens (tertiary/aromatic N) is 1. The van der Waals surface area contributed by atoms with Gasteiger partial charge in [0.1, 0.15) is 11.6 Å². The van der Waals surface area contributed by atoms with E-state index in [1.165, 1.54) is 12.1 Å². The lowest BCUT2D eigenvalue weighted by Crippen LogP contribution is -2.37. The summed E-state index contributed by atoms with van der Waals surface area (Å²) in [6.07, 6.45) is 0.786. The van der Waals surface area contributed by atoms with Crippen LogP contribution in [0.1, 0.15) is 12.0 Å². The van der Waals surface area contributed by atoms with Crippen LogP contribution in [-0.4, -0.2) is 40.4 Å². The van der Waals surface area contributed by atoms with Crippen molar-refractivity contribution in [3.05, 3.63) is 53.8 Å². The van der Waals surface area contributed by atoms with Crippen molar-refractivity contribution in [3.63, 3.8) is 0 Å². The molecular formula is C20H26FN3O3. The lowest BCUT2D eigenvalue weighted by atomic mass is 10.2. The van der Waals surface area contributed by atoms with Gasteiger partial charge in [0.15, 0.2) is 17.5 Å². The fourth-order valence-electron chi connectivity index (χ4n) is 2.40. The van der Waals surface area contributed by atoms with Crippen molar-refractivity contribution in [1.29, 1.82) is 0 Å². The second-order valence-electron chi connectivity index (χ2n) is 5.70. The van der Waals surface area contributed by atoms with E-state index in [2.05, 4.69) is 15.6 Å². The van der Waals surface area contributed by atoms with Crippen molar-refractivity contribution >= 4 is 5.96 Å². The van der Waals surface area contributed by atoms with E-state index in [4.69, 9.17) is 14.2 Å². The summed E-state index contributed by atoms with van der Waals surface area (Å²) >= 11 is 0. The fourth-order valence-corrected chi connectivity index (χ4v) is 2.40. The number of halogens is 1. The minimum atomic E-state index is -0.270. The Kier molecular flexibility index (Phi) is 8.22. The van der Waals surface area contributed by atoms with Crippen molar-refractivity contribution < 1.29 is 18.6 Å². The van der Waals surface area contributed by atoms with Gasteiger partial charge in [-0.2, -0.15) is 0 Å². The van der Waals surface area contributed by atoms with Crippen LogP contribution in [0.2, 0.25) is 0 Å². The Bertz CT molecular complexity index is 736. The maximum atomic E-state index is 12.8. The Hall–Kier alpha value is -2.96. The van der Waals surface area contributed by atoms with E-state index in [1.54, 1.807) is 33.4 Å². The van der Waals surface area contributed by atoms with Gasteiger partial charge in [-0.3, -0.25) is 4.99 Å². The molecule has 27 heavy (non-hydrogen) atoms. The van der Waals surface area contributed by atoms with E-state index in [9.17, 15) is 4.39 Å². The molecule has 7 heteroatoms. The van der Waals surface area contributed by atoms with Gasteiger partial charge >= 0.3 is 0 Å². The third-order valence-corrected chi connectivity index (χ3v) is 3.83. The van der Waals surface area contributed by atoms with Crippen LogP contribution in [0.25, 0.3) is 0 Å². The zero-order valence-electron chi connectivity index (χ0n) is 15.9. The van der Waals surface area contributed by atoms with Crippen LogP contribution in [0.15, 0.2) is 47.5 Å². The number of hydrogen-bond donors (Lipinski definition) is 2. The third kappa shape index (κ3) is 6.69. The zero-order chi connectivity index (χ0) is 19.5. The molecule has 0 aliphatic heterocycles. The lowest BCUT2D eigenvalue weighted by molar-refractivity contribution is 0.310. The molecular weight excluding hydrogens is 349 g/mol. The van der Waals surface area contributed by atoms with Crippen molar-refractivity contribution in [3.8, 4) is 17.2 Å². The van der Waals surface area contributed by atoms with E-state index < -0.39 is 0 Å². The maximum Gasteiger partial charge on any atom is 0.191 e. The zero-order valence-corrected chi connectivity index (χ0v) is 15.9. The molecule has 0 unspecified atom stereocenters. The van der Waals surface area contributed by atoms with Crippen LogP contribution in [0.3, 0.4) is 0 Å². The number of rotatable bonds is 9. The summed E-state index contributed by atoms with van der Waals surface area (Å²) < 4.78 is 28.9. The molecule has 2 aromatic rings. The minimum Gasteiger partial charge on any atom is -0.494 e. The highest BCUT2D eigenvalue weighted by molar-refractivity contribution is 5.79. The van der Waals surface area contributed by atoms with E-state index in [0.717, 1.165) is 12.0 Å². The van der Waals surface area contributed by atoms with Gasteiger partial charge in [-0.15, -0.1) is 0 Å². The Labute approximate surface area is 159 Å². The monoisotopic (exact) mass is 375 g/mol. The molecule has 0 saturated heterocycles. The average molecular weight is 375 g/mol. The van der Waals surface area contributed by atoms with E-state index >= 15 is 0 Å². The number of aliphatic imine (C=N–C) groups is 1. The van der Waals surface area contributed by atoms with Gasteiger partial charge in [0, 0.05) is 20.1 Å². The smallest absolute Gasteiger partial charge is 0.191 e. The predicted molar refractivity (Wildman–Crippen MR) is 104 cm³/mol. The van der Waals surface area contributed by atoms with Gasteiger partial charge in [-0.25, -0.2) is 4.39 Å². The first-order valence-corrected chi connectivity index (χ1v) is 8.70. The Morgan fingerprint density at radius 3 is 2.41 bits per heavy atom. The SMILES string of the molecule is CN=C(NCCCOc1ccc(F)cc1)NCc1ccc(OC)c(OC)c1. The molecule has 0 aromatic heterocycles. The number of ether oxygens (including phenoxy) is 3. The summed E-state index contributed by atoms with van der Waals surface area (Å²) in [7, 11) is 4.95. The fraction of sp³-hybridized carbons (Fsp3) is 0.350. The molecule has 0 saturated carbocycles. The number of hydrogen-bond acceptors (Lipinski definition) is 4. The van der Waals surface area contributed by atoms with Gasteiger partial charge in [0.2, 0.25) is 0 Å². The van der Waals surface area contributed by atoms with Crippen molar-refractivity contribution in [2.75, 3.05) is 34.4 Å². The van der Waals surface area contributed by atoms with Gasteiger partial charge in [-0.1, -0.05) is 6.07 Å². The number of guanidine groups is 1. The molecule has 6 nitrogen and oxygen atoms in total. The molecule has 2 rings (SSSR count). The third-order valence-electron chi connectivity index (χ3n) is 3.83. The standard InChI is InChI=1S/C20H26FN3O3/c1-22-20(23-11-4-12-27-17-8-6-16(21)7-9-17)24-14-15-5-10-18(25-2)19(13-15)26-3/h5-10,13H,4,11-12,14H2,1-3H3,(H2,22,23,24). The number of methoxy groups -OCH3 is 2. The number of nitrogens with one attached hydrogen (secondary N) is 2. The normalized spacial score (nSPS) is 11.0. The molecule has 0 fully saturated rings. The van der Waals surface area contributed by atoms with Crippen molar-refractivity contribution in [1.82, 2.24) is 10.6 Å². The summed E-state index contributed by atoms with van der Waals surface area (Å²) in [5.74, 6) is 2.48. The van der Waals surface area contributed by atoms with E-state index in [0.29, 0.717) is 42.9 Å². The van der Waals surface area contributed by atoms with Crippen LogP contribution >= 0.6 is 0 Å². The number of benzene rings is 2. The van der Waals surface area contributed by atoms with Crippen LogP contribution in [-0.2, 0) is 6.54 Å². The molecule has 0 aliphatic carbocycles. The topological polar surface area (TPSA) is 64.1 Å². The first-order chi connectivity index (χ1) is 13.2. The maximum absolute atomic E-state index is 12.8. The molecule has 0 spiro atoms. The second-order valence-corrected chi connectivity index (χ2v) is 5.70. The quantitative estimate of drug-likeness (QED) is 0.401. The molecule has 146 valence electrons. The minimum absolute atomic E-state index is 0.270. The van der Waals surface area contributed by atoms with Crippen LogP contribution in [0.5, 0.6) is 17.2 Å². The highest BCUT2D eigenvalue weighted by Crippen LogP contribution is 2.27. The highest BCUT2D eigenvalue weighted by Gasteiger charge is 2.05. The summed E-state index contributed by atoms with van der Waals surface area (Å²) in [5.41, 5.74) is 1.05. The lowest BCUT2D eigenvalue weighted by Gasteiger charge is -2.13. The predicted octanol–water partition coefficient (Wildman–Crippen LogP) is 2.98.